The number of nitro groups is 1. The Morgan fingerprint density at radius 2 is 1.90 bits per heavy atom. The standard InChI is InChI=1S/C21H16N4O3S/c1-12-5-7-13(8-6-12)17-10-9-16-18(22)19(29-21(16)24-17)20(26)23-14-3-2-4-15(11-14)25(27)28/h2-11H,22H2,1H3,(H,23,26). The number of nitro benzene ring substituents is 1. The van der Waals surface area contributed by atoms with E-state index in [-0.39, 0.29) is 5.69 Å². The fourth-order valence-electron chi connectivity index (χ4n) is 2.94. The third-order valence-corrected chi connectivity index (χ3v) is 5.58. The van der Waals surface area contributed by atoms with Crippen LogP contribution in [0.2, 0.25) is 0 Å². The molecular formula is C21H16N4O3S. The number of nitrogens with one attached hydrogen (secondary N) is 1. The number of aryl methyl sites for hydroxylation is 1. The molecule has 3 N–H and O–H groups in total. The normalized spacial score (nSPS) is 10.8. The molecule has 0 saturated carbocycles. The Hall–Kier alpha value is -3.78. The molecular weight excluding hydrogens is 388 g/mol. The van der Waals surface area contributed by atoms with Crippen molar-refractivity contribution in [3.8, 4) is 11.3 Å². The molecule has 0 saturated heterocycles. The molecule has 7 nitrogen and oxygen atoms in total. The van der Waals surface area contributed by atoms with Crippen molar-refractivity contribution < 1.29 is 9.72 Å². The maximum atomic E-state index is 12.7. The lowest BCUT2D eigenvalue weighted by atomic mass is 10.1. The first-order valence-electron chi connectivity index (χ1n) is 8.74. The monoisotopic (exact) mass is 404 g/mol. The molecule has 0 radical (unpaired) electrons. The number of anilines is 2. The smallest absolute Gasteiger partial charge is 0.271 e. The third-order valence-electron chi connectivity index (χ3n) is 4.46. The predicted octanol–water partition coefficient (Wildman–Crippen LogP) is 5.01. The third kappa shape index (κ3) is 3.65. The summed E-state index contributed by atoms with van der Waals surface area (Å²) in [6, 6.07) is 17.5. The SMILES string of the molecule is Cc1ccc(-c2ccc3c(N)c(C(=O)Nc4cccc([N+](=O)[O-])c4)sc3n2)cc1. The van der Waals surface area contributed by atoms with Crippen LogP contribution in [0.5, 0.6) is 0 Å². The van der Waals surface area contributed by atoms with Gasteiger partial charge in [0.15, 0.2) is 0 Å². The molecule has 0 aliphatic heterocycles. The minimum Gasteiger partial charge on any atom is -0.397 e. The molecule has 0 fully saturated rings. The fraction of sp³-hybridized carbons (Fsp3) is 0.0476. The molecule has 2 heterocycles. The summed E-state index contributed by atoms with van der Waals surface area (Å²) < 4.78 is 0. The van der Waals surface area contributed by atoms with E-state index in [1.165, 1.54) is 29.5 Å². The highest BCUT2D eigenvalue weighted by Gasteiger charge is 2.18. The predicted molar refractivity (Wildman–Crippen MR) is 115 cm³/mol. The first kappa shape index (κ1) is 18.6. The number of non-ortho nitro benzene ring substituents is 1. The molecule has 0 aliphatic carbocycles. The van der Waals surface area contributed by atoms with Gasteiger partial charge >= 0.3 is 0 Å². The number of nitrogens with zero attached hydrogens (tertiary/aromatic N) is 2. The number of rotatable bonds is 4. The minimum atomic E-state index is -0.514. The van der Waals surface area contributed by atoms with E-state index in [1.807, 2.05) is 43.3 Å². The van der Waals surface area contributed by atoms with Crippen molar-refractivity contribution in [3.05, 3.63) is 81.2 Å². The van der Waals surface area contributed by atoms with Crippen LogP contribution in [0.15, 0.2) is 60.7 Å². The summed E-state index contributed by atoms with van der Waals surface area (Å²) in [5.74, 6) is -0.428. The van der Waals surface area contributed by atoms with E-state index in [2.05, 4.69) is 10.3 Å². The van der Waals surface area contributed by atoms with Gasteiger partial charge in [0, 0.05) is 28.8 Å². The molecule has 4 aromatic rings. The van der Waals surface area contributed by atoms with Crippen LogP contribution in [0.25, 0.3) is 21.5 Å². The zero-order valence-corrected chi connectivity index (χ0v) is 16.2. The molecule has 0 bridgehead atoms. The van der Waals surface area contributed by atoms with E-state index in [1.54, 1.807) is 6.07 Å². The average Bonchev–Trinajstić information content (AvgIpc) is 3.05. The summed E-state index contributed by atoms with van der Waals surface area (Å²) in [5.41, 5.74) is 9.69. The highest BCUT2D eigenvalue weighted by atomic mass is 32.1. The molecule has 1 amide bonds. The van der Waals surface area contributed by atoms with Gasteiger partial charge < -0.3 is 11.1 Å². The number of hydrogen-bond donors (Lipinski definition) is 2. The molecule has 29 heavy (non-hydrogen) atoms. The van der Waals surface area contributed by atoms with Crippen molar-refractivity contribution in [1.29, 1.82) is 0 Å². The van der Waals surface area contributed by atoms with Gasteiger partial charge in [-0.05, 0) is 25.1 Å². The van der Waals surface area contributed by atoms with Gasteiger partial charge in [-0.2, -0.15) is 0 Å². The second-order valence-corrected chi connectivity index (χ2v) is 7.52. The zero-order valence-electron chi connectivity index (χ0n) is 15.4. The lowest BCUT2D eigenvalue weighted by Gasteiger charge is -2.04. The first-order valence-corrected chi connectivity index (χ1v) is 9.56. The number of nitrogen functional groups attached to an aromatic ring is 1. The Labute approximate surface area is 170 Å². The topological polar surface area (TPSA) is 111 Å². The van der Waals surface area contributed by atoms with Crippen LogP contribution in [-0.4, -0.2) is 15.8 Å². The zero-order chi connectivity index (χ0) is 20.5. The highest BCUT2D eigenvalue weighted by Crippen LogP contribution is 2.34. The number of pyridine rings is 1. The maximum Gasteiger partial charge on any atom is 0.271 e. The van der Waals surface area contributed by atoms with Gasteiger partial charge in [-0.25, -0.2) is 4.98 Å². The number of benzene rings is 2. The summed E-state index contributed by atoms with van der Waals surface area (Å²) >= 11 is 1.19. The van der Waals surface area contributed by atoms with Crippen molar-refractivity contribution in [3.63, 3.8) is 0 Å². The molecule has 4 rings (SSSR count). The number of thiophene rings is 1. The van der Waals surface area contributed by atoms with Crippen molar-refractivity contribution >= 4 is 44.5 Å². The number of fused-ring (bicyclic) bond motifs is 1. The largest absolute Gasteiger partial charge is 0.397 e. The van der Waals surface area contributed by atoms with Gasteiger partial charge in [0.25, 0.3) is 11.6 Å². The Morgan fingerprint density at radius 1 is 1.14 bits per heavy atom. The fourth-order valence-corrected chi connectivity index (χ4v) is 3.92. The lowest BCUT2D eigenvalue weighted by Crippen LogP contribution is -2.12. The minimum absolute atomic E-state index is 0.100. The van der Waals surface area contributed by atoms with E-state index in [9.17, 15) is 14.9 Å². The summed E-state index contributed by atoms with van der Waals surface area (Å²) in [6.07, 6.45) is 0. The summed E-state index contributed by atoms with van der Waals surface area (Å²) in [7, 11) is 0. The van der Waals surface area contributed by atoms with E-state index < -0.39 is 10.8 Å². The van der Waals surface area contributed by atoms with Gasteiger partial charge in [-0.3, -0.25) is 14.9 Å². The Bertz CT molecular complexity index is 1250. The summed E-state index contributed by atoms with van der Waals surface area (Å²) in [6.45, 7) is 2.02. The van der Waals surface area contributed by atoms with E-state index in [4.69, 9.17) is 5.73 Å². The molecule has 0 spiro atoms. The number of nitrogens with two attached hydrogens (primary N) is 1. The summed E-state index contributed by atoms with van der Waals surface area (Å²) in [4.78, 5) is 28.7. The Morgan fingerprint density at radius 3 is 2.62 bits per heavy atom. The van der Waals surface area contributed by atoms with Crippen molar-refractivity contribution in [2.24, 2.45) is 0 Å². The van der Waals surface area contributed by atoms with Crippen LogP contribution in [0.3, 0.4) is 0 Å². The van der Waals surface area contributed by atoms with Crippen LogP contribution >= 0.6 is 11.3 Å². The second kappa shape index (κ2) is 7.33. The second-order valence-electron chi connectivity index (χ2n) is 6.52. The number of aromatic nitrogens is 1. The van der Waals surface area contributed by atoms with Crippen molar-refractivity contribution in [2.75, 3.05) is 11.1 Å². The maximum absolute atomic E-state index is 12.7. The van der Waals surface area contributed by atoms with E-state index in [0.717, 1.165) is 16.8 Å². The van der Waals surface area contributed by atoms with Crippen molar-refractivity contribution in [1.82, 2.24) is 4.98 Å². The van der Waals surface area contributed by atoms with Gasteiger partial charge in [0.1, 0.15) is 9.71 Å². The Kier molecular flexibility index (Phi) is 4.69. The van der Waals surface area contributed by atoms with E-state index >= 15 is 0 Å². The Balaban J connectivity index is 1.66. The van der Waals surface area contributed by atoms with Crippen LogP contribution in [0.4, 0.5) is 17.1 Å². The molecule has 144 valence electrons. The van der Waals surface area contributed by atoms with Crippen LogP contribution in [0, 0.1) is 17.0 Å². The summed E-state index contributed by atoms with van der Waals surface area (Å²) in [5, 5.41) is 14.3. The number of carbonyl (C=O) groups excluding carboxylic acids is 1. The van der Waals surface area contributed by atoms with Crippen LogP contribution in [0.1, 0.15) is 15.2 Å². The van der Waals surface area contributed by atoms with Gasteiger partial charge in [-0.15, -0.1) is 11.3 Å². The quantitative estimate of drug-likeness (QED) is 0.367. The average molecular weight is 404 g/mol. The highest BCUT2D eigenvalue weighted by molar-refractivity contribution is 7.21. The number of carbonyl (C=O) groups is 1. The molecule has 0 atom stereocenters. The van der Waals surface area contributed by atoms with Gasteiger partial charge in [-0.1, -0.05) is 35.9 Å². The van der Waals surface area contributed by atoms with Gasteiger partial charge in [0.2, 0.25) is 0 Å². The van der Waals surface area contributed by atoms with E-state index in [0.29, 0.717) is 26.5 Å². The molecule has 0 unspecified atom stereocenters. The van der Waals surface area contributed by atoms with Gasteiger partial charge in [0.05, 0.1) is 16.3 Å². The van der Waals surface area contributed by atoms with Crippen LogP contribution in [-0.2, 0) is 0 Å². The van der Waals surface area contributed by atoms with Crippen molar-refractivity contribution in [2.45, 2.75) is 6.92 Å². The number of hydrogen-bond acceptors (Lipinski definition) is 6. The van der Waals surface area contributed by atoms with Crippen LogP contribution < -0.4 is 11.1 Å². The lowest BCUT2D eigenvalue weighted by molar-refractivity contribution is -0.384. The first-order chi connectivity index (χ1) is 13.9. The molecule has 0 aliphatic rings. The molecule has 2 aromatic carbocycles. The molecule has 8 heteroatoms. The molecule has 2 aromatic heterocycles. The number of amides is 1.